The molecule has 1 aliphatic rings. The highest BCUT2D eigenvalue weighted by atomic mass is 16.5. The van der Waals surface area contributed by atoms with Crippen LogP contribution in [0.25, 0.3) is 0 Å². The lowest BCUT2D eigenvalue weighted by molar-refractivity contribution is 0.0547. The first-order chi connectivity index (χ1) is 12.3. The molecule has 9 heteroatoms. The first kappa shape index (κ1) is 19.6. The maximum atomic E-state index is 5.49. The Morgan fingerprint density at radius 3 is 2.20 bits per heavy atom. The Bertz CT molecular complexity index is 486. The van der Waals surface area contributed by atoms with E-state index in [1.807, 2.05) is 0 Å². The normalized spacial score (nSPS) is 13.7. The van der Waals surface area contributed by atoms with Crippen LogP contribution in [-0.4, -0.2) is 67.1 Å². The minimum Gasteiger partial charge on any atom is -0.378 e. The van der Waals surface area contributed by atoms with Gasteiger partial charge in [-0.2, -0.15) is 15.0 Å². The summed E-state index contributed by atoms with van der Waals surface area (Å²) >= 11 is 0. The van der Waals surface area contributed by atoms with E-state index in [1.54, 1.807) is 0 Å². The second-order valence-electron chi connectivity index (χ2n) is 5.95. The second-order valence-corrected chi connectivity index (χ2v) is 5.95. The van der Waals surface area contributed by atoms with Crippen molar-refractivity contribution in [2.75, 3.05) is 62.0 Å². The number of nitrogens with zero attached hydrogens (tertiary/aromatic N) is 3. The van der Waals surface area contributed by atoms with Gasteiger partial charge in [-0.05, 0) is 19.3 Å². The smallest absolute Gasteiger partial charge is 0.229 e. The summed E-state index contributed by atoms with van der Waals surface area (Å²) in [7, 11) is 0. The van der Waals surface area contributed by atoms with Crippen molar-refractivity contribution in [3.05, 3.63) is 0 Å². The van der Waals surface area contributed by atoms with Gasteiger partial charge in [0.25, 0.3) is 0 Å². The summed E-state index contributed by atoms with van der Waals surface area (Å²) in [5.41, 5.74) is 5.35. The third-order valence-corrected chi connectivity index (χ3v) is 3.52. The zero-order chi connectivity index (χ0) is 17.7. The number of hydrogen-bond acceptors (Lipinski definition) is 9. The molecule has 0 saturated heterocycles. The molecule has 25 heavy (non-hydrogen) atoms. The topological polar surface area (TPSA) is 119 Å². The standard InChI is InChI=1S/C16H31N7O2/c1-2-3-7-18-14-21-15(23-16(22-14)20-13-4-5-13)19-8-10-25-12-11-24-9-6-17/h13H,2-12,17H2,1H3,(H3,18,19,20,21,22,23). The van der Waals surface area contributed by atoms with Gasteiger partial charge < -0.3 is 31.2 Å². The van der Waals surface area contributed by atoms with Crippen LogP contribution in [0.5, 0.6) is 0 Å². The van der Waals surface area contributed by atoms with Crippen molar-refractivity contribution >= 4 is 17.8 Å². The Balaban J connectivity index is 1.73. The van der Waals surface area contributed by atoms with Crippen molar-refractivity contribution in [2.24, 2.45) is 5.73 Å². The first-order valence-corrected chi connectivity index (χ1v) is 9.17. The van der Waals surface area contributed by atoms with Gasteiger partial charge in [-0.3, -0.25) is 0 Å². The molecule has 1 aliphatic carbocycles. The Hall–Kier alpha value is -1.71. The number of ether oxygens (including phenoxy) is 2. The van der Waals surface area contributed by atoms with Crippen LogP contribution in [0.4, 0.5) is 17.8 Å². The van der Waals surface area contributed by atoms with E-state index in [4.69, 9.17) is 15.2 Å². The Morgan fingerprint density at radius 1 is 0.920 bits per heavy atom. The van der Waals surface area contributed by atoms with E-state index < -0.39 is 0 Å². The van der Waals surface area contributed by atoms with E-state index in [0.29, 0.717) is 63.4 Å². The Morgan fingerprint density at radius 2 is 1.56 bits per heavy atom. The lowest BCUT2D eigenvalue weighted by Crippen LogP contribution is -2.17. The van der Waals surface area contributed by atoms with Gasteiger partial charge in [0, 0.05) is 25.7 Å². The first-order valence-electron chi connectivity index (χ1n) is 9.17. The number of nitrogens with two attached hydrogens (primary N) is 1. The second kappa shape index (κ2) is 11.8. The van der Waals surface area contributed by atoms with Gasteiger partial charge in [-0.1, -0.05) is 13.3 Å². The van der Waals surface area contributed by atoms with E-state index >= 15 is 0 Å². The molecule has 9 nitrogen and oxygen atoms in total. The summed E-state index contributed by atoms with van der Waals surface area (Å²) in [5, 5.41) is 9.75. The SMILES string of the molecule is CCCCNc1nc(NCCOCCOCCN)nc(NC2CC2)n1. The summed E-state index contributed by atoms with van der Waals surface area (Å²) in [6, 6.07) is 0.496. The number of hydrogen-bond donors (Lipinski definition) is 4. The predicted molar refractivity (Wildman–Crippen MR) is 99.1 cm³/mol. The number of unbranched alkanes of at least 4 members (excludes halogenated alkanes) is 1. The maximum absolute atomic E-state index is 5.49. The Labute approximate surface area is 149 Å². The lowest BCUT2D eigenvalue weighted by Gasteiger charge is -2.11. The van der Waals surface area contributed by atoms with Crippen molar-refractivity contribution in [2.45, 2.75) is 38.6 Å². The molecule has 0 aliphatic heterocycles. The average molecular weight is 353 g/mol. The number of rotatable bonds is 15. The van der Waals surface area contributed by atoms with Crippen molar-refractivity contribution in [1.82, 2.24) is 15.0 Å². The highest BCUT2D eigenvalue weighted by molar-refractivity contribution is 5.43. The third-order valence-electron chi connectivity index (χ3n) is 3.52. The molecule has 1 aromatic heterocycles. The van der Waals surface area contributed by atoms with Crippen LogP contribution in [0, 0.1) is 0 Å². The van der Waals surface area contributed by atoms with Crippen LogP contribution in [-0.2, 0) is 9.47 Å². The van der Waals surface area contributed by atoms with E-state index in [0.717, 1.165) is 19.4 Å². The molecule has 2 rings (SSSR count). The third kappa shape index (κ3) is 8.80. The summed E-state index contributed by atoms with van der Waals surface area (Å²) < 4.78 is 10.7. The van der Waals surface area contributed by atoms with E-state index in [1.165, 1.54) is 12.8 Å². The molecule has 0 atom stereocenters. The summed E-state index contributed by atoms with van der Waals surface area (Å²) in [6.07, 6.45) is 4.56. The van der Waals surface area contributed by atoms with Crippen LogP contribution in [0.15, 0.2) is 0 Å². The quantitative estimate of drug-likeness (QED) is 0.343. The van der Waals surface area contributed by atoms with Gasteiger partial charge in [0.15, 0.2) is 0 Å². The molecule has 1 heterocycles. The fourth-order valence-corrected chi connectivity index (χ4v) is 2.03. The highest BCUT2D eigenvalue weighted by Crippen LogP contribution is 2.23. The minimum atomic E-state index is 0.496. The predicted octanol–water partition coefficient (Wildman–Crippen LogP) is 1.06. The zero-order valence-electron chi connectivity index (χ0n) is 15.1. The maximum Gasteiger partial charge on any atom is 0.229 e. The van der Waals surface area contributed by atoms with Crippen molar-refractivity contribution < 1.29 is 9.47 Å². The number of nitrogens with one attached hydrogen (secondary N) is 3. The minimum absolute atomic E-state index is 0.496. The molecule has 0 unspecified atom stereocenters. The fourth-order valence-electron chi connectivity index (χ4n) is 2.03. The zero-order valence-corrected chi connectivity index (χ0v) is 15.1. The molecular weight excluding hydrogens is 322 g/mol. The van der Waals surface area contributed by atoms with Crippen molar-refractivity contribution in [3.63, 3.8) is 0 Å². The largest absolute Gasteiger partial charge is 0.378 e. The Kier molecular flexibility index (Phi) is 9.24. The summed E-state index contributed by atoms with van der Waals surface area (Å²) in [6.45, 7) is 6.41. The van der Waals surface area contributed by atoms with Crippen LogP contribution >= 0.6 is 0 Å². The van der Waals surface area contributed by atoms with E-state index in [9.17, 15) is 0 Å². The molecule has 1 saturated carbocycles. The van der Waals surface area contributed by atoms with Gasteiger partial charge in [0.05, 0.1) is 26.4 Å². The van der Waals surface area contributed by atoms with Crippen LogP contribution in [0.1, 0.15) is 32.6 Å². The molecule has 142 valence electrons. The highest BCUT2D eigenvalue weighted by Gasteiger charge is 2.22. The van der Waals surface area contributed by atoms with Gasteiger partial charge >= 0.3 is 0 Å². The van der Waals surface area contributed by atoms with E-state index in [-0.39, 0.29) is 0 Å². The summed E-state index contributed by atoms with van der Waals surface area (Å²) in [5.74, 6) is 1.78. The molecule has 0 bridgehead atoms. The van der Waals surface area contributed by atoms with Gasteiger partial charge in [0.2, 0.25) is 17.8 Å². The van der Waals surface area contributed by atoms with Crippen molar-refractivity contribution in [3.8, 4) is 0 Å². The van der Waals surface area contributed by atoms with Crippen LogP contribution in [0.2, 0.25) is 0 Å². The number of anilines is 3. The monoisotopic (exact) mass is 353 g/mol. The summed E-state index contributed by atoms with van der Waals surface area (Å²) in [4.78, 5) is 13.3. The van der Waals surface area contributed by atoms with Gasteiger partial charge in [0.1, 0.15) is 0 Å². The van der Waals surface area contributed by atoms with Gasteiger partial charge in [-0.25, -0.2) is 0 Å². The molecule has 0 radical (unpaired) electrons. The average Bonchev–Trinajstić information content (AvgIpc) is 3.41. The van der Waals surface area contributed by atoms with E-state index in [2.05, 4.69) is 37.8 Å². The molecule has 5 N–H and O–H groups in total. The van der Waals surface area contributed by atoms with Crippen LogP contribution in [0.3, 0.4) is 0 Å². The van der Waals surface area contributed by atoms with Crippen molar-refractivity contribution in [1.29, 1.82) is 0 Å². The molecular formula is C16H31N7O2. The molecule has 1 fully saturated rings. The molecule has 0 amide bonds. The van der Waals surface area contributed by atoms with Crippen LogP contribution < -0.4 is 21.7 Å². The fraction of sp³-hybridized carbons (Fsp3) is 0.812. The number of aromatic nitrogens is 3. The molecule has 0 spiro atoms. The molecule has 0 aromatic carbocycles. The molecule has 1 aromatic rings. The lowest BCUT2D eigenvalue weighted by atomic mass is 10.3. The van der Waals surface area contributed by atoms with Gasteiger partial charge in [-0.15, -0.1) is 0 Å².